The summed E-state index contributed by atoms with van der Waals surface area (Å²) in [6.45, 7) is 2.86. The molecule has 1 aliphatic heterocycles. The number of anilines is 1. The summed E-state index contributed by atoms with van der Waals surface area (Å²) in [5.41, 5.74) is 0.452. The van der Waals surface area contributed by atoms with Gasteiger partial charge >= 0.3 is 0 Å². The van der Waals surface area contributed by atoms with Crippen molar-refractivity contribution in [1.82, 2.24) is 5.32 Å². The standard InChI is InChI=1S/C13H19N3O3S/c1-9-7-10(5-6-15-9)13(17)16-11-3-2-4-12(8-11)20(14,18)19/h2-4,8-10,15H,5-7H2,1H3,(H,16,17)(H2,14,18,19). The molecule has 0 bridgehead atoms. The van der Waals surface area contributed by atoms with E-state index in [0.29, 0.717) is 11.7 Å². The van der Waals surface area contributed by atoms with Crippen molar-refractivity contribution in [2.24, 2.45) is 11.1 Å². The van der Waals surface area contributed by atoms with Crippen molar-refractivity contribution in [1.29, 1.82) is 0 Å². The minimum Gasteiger partial charge on any atom is -0.326 e. The van der Waals surface area contributed by atoms with Crippen molar-refractivity contribution in [2.75, 3.05) is 11.9 Å². The van der Waals surface area contributed by atoms with Gasteiger partial charge in [0.25, 0.3) is 0 Å². The smallest absolute Gasteiger partial charge is 0.238 e. The lowest BCUT2D eigenvalue weighted by molar-refractivity contribution is -0.120. The van der Waals surface area contributed by atoms with Crippen LogP contribution in [0.4, 0.5) is 5.69 Å². The monoisotopic (exact) mass is 297 g/mol. The van der Waals surface area contributed by atoms with Crippen molar-refractivity contribution in [2.45, 2.75) is 30.7 Å². The van der Waals surface area contributed by atoms with E-state index < -0.39 is 10.0 Å². The molecule has 0 spiro atoms. The van der Waals surface area contributed by atoms with Crippen LogP contribution in [0.5, 0.6) is 0 Å². The Balaban J connectivity index is 2.08. The van der Waals surface area contributed by atoms with E-state index in [2.05, 4.69) is 10.6 Å². The molecular formula is C13H19N3O3S. The summed E-state index contributed by atoms with van der Waals surface area (Å²) in [6.07, 6.45) is 1.56. The lowest BCUT2D eigenvalue weighted by Crippen LogP contribution is -2.40. The van der Waals surface area contributed by atoms with Crippen LogP contribution in [0.25, 0.3) is 0 Å². The largest absolute Gasteiger partial charge is 0.326 e. The molecule has 2 rings (SSSR count). The molecule has 2 atom stereocenters. The number of sulfonamides is 1. The van der Waals surface area contributed by atoms with Crippen molar-refractivity contribution in [3.05, 3.63) is 24.3 Å². The first-order valence-corrected chi connectivity index (χ1v) is 8.08. The van der Waals surface area contributed by atoms with Crippen LogP contribution in [0.2, 0.25) is 0 Å². The fraction of sp³-hybridized carbons (Fsp3) is 0.462. The lowest BCUT2D eigenvalue weighted by atomic mass is 9.92. The van der Waals surface area contributed by atoms with Crippen molar-refractivity contribution in [3.8, 4) is 0 Å². The van der Waals surface area contributed by atoms with Crippen molar-refractivity contribution >= 4 is 21.6 Å². The number of rotatable bonds is 3. The Hall–Kier alpha value is -1.44. The van der Waals surface area contributed by atoms with Gasteiger partial charge in [-0.3, -0.25) is 4.79 Å². The van der Waals surface area contributed by atoms with Gasteiger partial charge in [-0.1, -0.05) is 6.07 Å². The highest BCUT2D eigenvalue weighted by molar-refractivity contribution is 7.89. The molecule has 1 aromatic rings. The summed E-state index contributed by atoms with van der Waals surface area (Å²) in [7, 11) is -3.76. The van der Waals surface area contributed by atoms with Gasteiger partial charge in [-0.25, -0.2) is 13.6 Å². The van der Waals surface area contributed by atoms with E-state index in [-0.39, 0.29) is 16.7 Å². The van der Waals surface area contributed by atoms with Gasteiger partial charge in [-0.15, -0.1) is 0 Å². The molecule has 1 saturated heterocycles. The molecule has 1 heterocycles. The van der Waals surface area contributed by atoms with Gasteiger partial charge < -0.3 is 10.6 Å². The van der Waals surface area contributed by atoms with Crippen molar-refractivity contribution < 1.29 is 13.2 Å². The van der Waals surface area contributed by atoms with Crippen LogP contribution in [0.1, 0.15) is 19.8 Å². The van der Waals surface area contributed by atoms with Crippen LogP contribution < -0.4 is 15.8 Å². The topological polar surface area (TPSA) is 101 Å². The minimum absolute atomic E-state index is 0.00558. The number of hydrogen-bond donors (Lipinski definition) is 3. The fourth-order valence-electron chi connectivity index (χ4n) is 2.37. The van der Waals surface area contributed by atoms with Crippen LogP contribution in [-0.4, -0.2) is 26.9 Å². The van der Waals surface area contributed by atoms with E-state index >= 15 is 0 Å². The van der Waals surface area contributed by atoms with Gasteiger partial charge in [0.1, 0.15) is 0 Å². The Morgan fingerprint density at radius 1 is 1.45 bits per heavy atom. The lowest BCUT2D eigenvalue weighted by Gasteiger charge is -2.27. The predicted octanol–water partition coefficient (Wildman–Crippen LogP) is 0.661. The third-order valence-corrected chi connectivity index (χ3v) is 4.34. The second-order valence-corrected chi connectivity index (χ2v) is 6.70. The molecule has 2 unspecified atom stereocenters. The fourth-order valence-corrected chi connectivity index (χ4v) is 2.92. The number of primary sulfonamides is 1. The molecule has 1 aromatic carbocycles. The van der Waals surface area contributed by atoms with Crippen LogP contribution in [0, 0.1) is 5.92 Å². The number of carbonyl (C=O) groups is 1. The quantitative estimate of drug-likeness (QED) is 0.763. The van der Waals surface area contributed by atoms with Gasteiger partial charge in [0.15, 0.2) is 0 Å². The maximum absolute atomic E-state index is 12.2. The summed E-state index contributed by atoms with van der Waals surface area (Å²) in [4.78, 5) is 12.1. The zero-order chi connectivity index (χ0) is 14.8. The molecule has 0 radical (unpaired) electrons. The molecule has 7 heteroatoms. The summed E-state index contributed by atoms with van der Waals surface area (Å²) in [6, 6.07) is 6.29. The van der Waals surface area contributed by atoms with E-state index in [1.54, 1.807) is 12.1 Å². The summed E-state index contributed by atoms with van der Waals surface area (Å²) < 4.78 is 22.5. The molecule has 20 heavy (non-hydrogen) atoms. The first-order chi connectivity index (χ1) is 9.36. The highest BCUT2D eigenvalue weighted by Gasteiger charge is 2.24. The average molecular weight is 297 g/mol. The van der Waals surface area contributed by atoms with Gasteiger partial charge in [-0.2, -0.15) is 0 Å². The third-order valence-electron chi connectivity index (χ3n) is 3.42. The molecular weight excluding hydrogens is 278 g/mol. The van der Waals surface area contributed by atoms with E-state index in [9.17, 15) is 13.2 Å². The Bertz CT molecular complexity index is 601. The number of nitrogens with two attached hydrogens (primary N) is 1. The highest BCUT2D eigenvalue weighted by Crippen LogP contribution is 2.20. The molecule has 1 amide bonds. The van der Waals surface area contributed by atoms with Crippen LogP contribution in [0.15, 0.2) is 29.2 Å². The van der Waals surface area contributed by atoms with Crippen LogP contribution in [-0.2, 0) is 14.8 Å². The molecule has 0 aromatic heterocycles. The maximum Gasteiger partial charge on any atom is 0.238 e. The number of carbonyl (C=O) groups excluding carboxylic acids is 1. The second kappa shape index (κ2) is 5.90. The first-order valence-electron chi connectivity index (χ1n) is 6.53. The minimum atomic E-state index is -3.76. The van der Waals surface area contributed by atoms with E-state index in [4.69, 9.17) is 5.14 Å². The van der Waals surface area contributed by atoms with Gasteiger partial charge in [0, 0.05) is 17.6 Å². The summed E-state index contributed by atoms with van der Waals surface area (Å²) >= 11 is 0. The molecule has 1 aliphatic rings. The molecule has 1 fully saturated rings. The number of piperidine rings is 1. The Labute approximate surface area is 118 Å². The third kappa shape index (κ3) is 3.78. The molecule has 4 N–H and O–H groups in total. The highest BCUT2D eigenvalue weighted by atomic mass is 32.2. The van der Waals surface area contributed by atoms with Crippen molar-refractivity contribution in [3.63, 3.8) is 0 Å². The zero-order valence-corrected chi connectivity index (χ0v) is 12.1. The Morgan fingerprint density at radius 3 is 2.85 bits per heavy atom. The first kappa shape index (κ1) is 15.0. The zero-order valence-electron chi connectivity index (χ0n) is 11.3. The molecule has 6 nitrogen and oxygen atoms in total. The summed E-state index contributed by atoms with van der Waals surface area (Å²) in [5, 5.41) is 11.1. The number of amides is 1. The second-order valence-electron chi connectivity index (χ2n) is 5.14. The maximum atomic E-state index is 12.2. The molecule has 0 saturated carbocycles. The number of hydrogen-bond acceptors (Lipinski definition) is 4. The van der Waals surface area contributed by atoms with E-state index in [1.165, 1.54) is 12.1 Å². The number of nitrogens with one attached hydrogen (secondary N) is 2. The van der Waals surface area contributed by atoms with Crippen LogP contribution in [0.3, 0.4) is 0 Å². The SMILES string of the molecule is CC1CC(C(=O)Nc2cccc(S(N)(=O)=O)c2)CCN1. The van der Waals surface area contributed by atoms with Gasteiger partial charge in [-0.05, 0) is 44.5 Å². The van der Waals surface area contributed by atoms with Gasteiger partial charge in [0.05, 0.1) is 4.90 Å². The Kier molecular flexibility index (Phi) is 4.42. The van der Waals surface area contributed by atoms with Crippen LogP contribution >= 0.6 is 0 Å². The molecule has 0 aliphatic carbocycles. The normalized spacial score (nSPS) is 23.3. The average Bonchev–Trinajstić information content (AvgIpc) is 2.38. The van der Waals surface area contributed by atoms with Gasteiger partial charge in [0.2, 0.25) is 15.9 Å². The Morgan fingerprint density at radius 2 is 2.20 bits per heavy atom. The predicted molar refractivity (Wildman–Crippen MR) is 76.6 cm³/mol. The number of benzene rings is 1. The summed E-state index contributed by atoms with van der Waals surface area (Å²) in [5.74, 6) is -0.130. The van der Waals surface area contributed by atoms with E-state index in [1.807, 2.05) is 6.92 Å². The molecule has 110 valence electrons. The van der Waals surface area contributed by atoms with E-state index in [0.717, 1.165) is 19.4 Å².